The lowest BCUT2D eigenvalue weighted by Crippen LogP contribution is -1.80. The molecule has 2 rings (SSSR count). The standard InChI is InChI=1S/C10H11N.C3H6O2/c1-7-4-3-5-9-8(2)6-11-10(7)9;1-2-5-3-4/h3-6,11H,1-2H3;3H,2H2,1H3. The molecule has 0 radical (unpaired) electrons. The summed E-state index contributed by atoms with van der Waals surface area (Å²) in [6.45, 7) is 6.91. The number of fused-ring (bicyclic) bond motifs is 1. The van der Waals surface area contributed by atoms with Crippen LogP contribution in [-0.2, 0) is 9.53 Å². The van der Waals surface area contributed by atoms with Crippen molar-refractivity contribution in [2.24, 2.45) is 0 Å². The van der Waals surface area contributed by atoms with Gasteiger partial charge in [0.15, 0.2) is 0 Å². The van der Waals surface area contributed by atoms with Crippen LogP contribution in [0.4, 0.5) is 0 Å². The van der Waals surface area contributed by atoms with Gasteiger partial charge in [-0.2, -0.15) is 0 Å². The van der Waals surface area contributed by atoms with E-state index in [0.29, 0.717) is 13.1 Å². The van der Waals surface area contributed by atoms with Crippen LogP contribution in [0.25, 0.3) is 10.9 Å². The van der Waals surface area contributed by atoms with Crippen molar-refractivity contribution < 1.29 is 9.53 Å². The van der Waals surface area contributed by atoms with Crippen LogP contribution >= 0.6 is 0 Å². The van der Waals surface area contributed by atoms with Crippen LogP contribution in [0.2, 0.25) is 0 Å². The van der Waals surface area contributed by atoms with Gasteiger partial charge in [0.25, 0.3) is 6.47 Å². The summed E-state index contributed by atoms with van der Waals surface area (Å²) < 4.78 is 4.15. The molecular formula is C13H17NO2. The van der Waals surface area contributed by atoms with Gasteiger partial charge in [0.2, 0.25) is 0 Å². The largest absolute Gasteiger partial charge is 0.468 e. The van der Waals surface area contributed by atoms with E-state index in [9.17, 15) is 4.79 Å². The van der Waals surface area contributed by atoms with Crippen LogP contribution in [0.15, 0.2) is 24.4 Å². The Hall–Kier alpha value is -1.77. The van der Waals surface area contributed by atoms with Crippen molar-refractivity contribution in [3.8, 4) is 0 Å². The fraction of sp³-hybridized carbons (Fsp3) is 0.308. The van der Waals surface area contributed by atoms with Crippen molar-refractivity contribution in [2.75, 3.05) is 6.61 Å². The zero-order valence-electron chi connectivity index (χ0n) is 9.91. The summed E-state index contributed by atoms with van der Waals surface area (Å²) in [6.07, 6.45) is 2.05. The molecule has 0 aliphatic rings. The quantitative estimate of drug-likeness (QED) is 0.789. The minimum atomic E-state index is 0.431. The third kappa shape index (κ3) is 2.86. The molecule has 16 heavy (non-hydrogen) atoms. The molecule has 0 spiro atoms. The summed E-state index contributed by atoms with van der Waals surface area (Å²) in [5.74, 6) is 0. The van der Waals surface area contributed by atoms with Crippen molar-refractivity contribution >= 4 is 17.4 Å². The number of aromatic nitrogens is 1. The second-order valence-corrected chi connectivity index (χ2v) is 3.52. The Labute approximate surface area is 95.4 Å². The van der Waals surface area contributed by atoms with E-state index in [4.69, 9.17) is 0 Å². The predicted molar refractivity (Wildman–Crippen MR) is 65.5 cm³/mol. The van der Waals surface area contributed by atoms with Gasteiger partial charge < -0.3 is 9.72 Å². The number of ether oxygens (including phenoxy) is 1. The summed E-state index contributed by atoms with van der Waals surface area (Å²) in [4.78, 5) is 12.4. The van der Waals surface area contributed by atoms with Crippen LogP contribution < -0.4 is 0 Å². The number of aryl methyl sites for hydroxylation is 2. The number of hydrogen-bond acceptors (Lipinski definition) is 2. The van der Waals surface area contributed by atoms with Gasteiger partial charge in [-0.3, -0.25) is 4.79 Å². The van der Waals surface area contributed by atoms with E-state index in [1.54, 1.807) is 6.92 Å². The van der Waals surface area contributed by atoms with Gasteiger partial charge in [-0.25, -0.2) is 0 Å². The number of rotatable bonds is 2. The van der Waals surface area contributed by atoms with Crippen molar-refractivity contribution in [1.29, 1.82) is 0 Å². The molecule has 1 N–H and O–H groups in total. The molecular weight excluding hydrogens is 202 g/mol. The molecule has 0 amide bonds. The number of hydrogen-bond donors (Lipinski definition) is 1. The molecule has 0 saturated heterocycles. The maximum Gasteiger partial charge on any atom is 0.293 e. The van der Waals surface area contributed by atoms with E-state index in [-0.39, 0.29) is 0 Å². The van der Waals surface area contributed by atoms with Crippen LogP contribution in [-0.4, -0.2) is 18.1 Å². The van der Waals surface area contributed by atoms with E-state index in [2.05, 4.69) is 48.0 Å². The molecule has 0 atom stereocenters. The molecule has 1 aromatic carbocycles. The van der Waals surface area contributed by atoms with Gasteiger partial charge >= 0.3 is 0 Å². The average molecular weight is 219 g/mol. The van der Waals surface area contributed by atoms with Gasteiger partial charge in [0.1, 0.15) is 0 Å². The highest BCUT2D eigenvalue weighted by Gasteiger charge is 1.99. The normalized spacial score (nSPS) is 9.44. The Morgan fingerprint density at radius 1 is 1.31 bits per heavy atom. The highest BCUT2D eigenvalue weighted by Crippen LogP contribution is 2.19. The predicted octanol–water partition coefficient (Wildman–Crippen LogP) is 2.96. The topological polar surface area (TPSA) is 42.1 Å². The van der Waals surface area contributed by atoms with Crippen molar-refractivity contribution in [3.05, 3.63) is 35.5 Å². The van der Waals surface area contributed by atoms with Crippen molar-refractivity contribution in [2.45, 2.75) is 20.8 Å². The molecule has 0 aliphatic heterocycles. The first-order valence-corrected chi connectivity index (χ1v) is 5.29. The molecule has 3 nitrogen and oxygen atoms in total. The number of H-pyrrole nitrogens is 1. The minimum Gasteiger partial charge on any atom is -0.468 e. The second kappa shape index (κ2) is 5.95. The number of para-hydroxylation sites is 1. The summed E-state index contributed by atoms with van der Waals surface area (Å²) in [6, 6.07) is 6.37. The summed E-state index contributed by atoms with van der Waals surface area (Å²) in [5, 5.41) is 1.34. The molecule has 2 aromatic rings. The number of nitrogens with one attached hydrogen (secondary N) is 1. The molecule has 1 heterocycles. The number of carbonyl (C=O) groups is 1. The summed E-state index contributed by atoms with van der Waals surface area (Å²) >= 11 is 0. The van der Waals surface area contributed by atoms with E-state index >= 15 is 0 Å². The Morgan fingerprint density at radius 2 is 2.06 bits per heavy atom. The Bertz CT molecular complexity index is 460. The monoisotopic (exact) mass is 219 g/mol. The highest BCUT2D eigenvalue weighted by atomic mass is 16.5. The Morgan fingerprint density at radius 3 is 2.56 bits per heavy atom. The smallest absolute Gasteiger partial charge is 0.293 e. The van der Waals surface area contributed by atoms with E-state index < -0.39 is 0 Å². The Kier molecular flexibility index (Phi) is 4.58. The Balaban J connectivity index is 0.000000221. The number of benzene rings is 1. The van der Waals surface area contributed by atoms with Crippen molar-refractivity contribution in [1.82, 2.24) is 4.98 Å². The van der Waals surface area contributed by atoms with Crippen LogP contribution in [0.3, 0.4) is 0 Å². The molecule has 0 aliphatic carbocycles. The number of aromatic amines is 1. The molecule has 3 heteroatoms. The van der Waals surface area contributed by atoms with E-state index in [1.165, 1.54) is 22.0 Å². The van der Waals surface area contributed by atoms with Crippen LogP contribution in [0.5, 0.6) is 0 Å². The molecule has 0 bridgehead atoms. The van der Waals surface area contributed by atoms with E-state index in [1.807, 2.05) is 0 Å². The lowest BCUT2D eigenvalue weighted by Gasteiger charge is -1.94. The van der Waals surface area contributed by atoms with Gasteiger partial charge in [-0.05, 0) is 31.9 Å². The fourth-order valence-electron chi connectivity index (χ4n) is 1.51. The molecule has 1 aromatic heterocycles. The average Bonchev–Trinajstić information content (AvgIpc) is 2.65. The third-order valence-electron chi connectivity index (χ3n) is 2.37. The molecule has 86 valence electrons. The first kappa shape index (κ1) is 12.3. The molecule has 0 unspecified atom stereocenters. The van der Waals surface area contributed by atoms with Gasteiger partial charge in [0, 0.05) is 17.1 Å². The molecule has 0 saturated carbocycles. The maximum atomic E-state index is 9.18. The van der Waals surface area contributed by atoms with Crippen molar-refractivity contribution in [3.63, 3.8) is 0 Å². The first-order chi connectivity index (χ1) is 7.70. The maximum absolute atomic E-state index is 9.18. The minimum absolute atomic E-state index is 0.431. The lowest BCUT2D eigenvalue weighted by molar-refractivity contribution is -0.128. The van der Waals surface area contributed by atoms with Gasteiger partial charge in [-0.1, -0.05) is 18.2 Å². The zero-order chi connectivity index (χ0) is 12.0. The number of carbonyl (C=O) groups excluding carboxylic acids is 1. The van der Waals surface area contributed by atoms with Gasteiger partial charge in [-0.15, -0.1) is 0 Å². The van der Waals surface area contributed by atoms with Crippen LogP contribution in [0.1, 0.15) is 18.1 Å². The van der Waals surface area contributed by atoms with Gasteiger partial charge in [0.05, 0.1) is 6.61 Å². The van der Waals surface area contributed by atoms with Crippen LogP contribution in [0, 0.1) is 13.8 Å². The second-order valence-electron chi connectivity index (χ2n) is 3.52. The summed E-state index contributed by atoms with van der Waals surface area (Å²) in [5.41, 5.74) is 3.91. The lowest BCUT2D eigenvalue weighted by atomic mass is 10.1. The summed E-state index contributed by atoms with van der Waals surface area (Å²) in [7, 11) is 0. The third-order valence-corrected chi connectivity index (χ3v) is 2.37. The highest BCUT2D eigenvalue weighted by molar-refractivity contribution is 5.85. The first-order valence-electron chi connectivity index (χ1n) is 5.29. The molecule has 0 fully saturated rings. The fourth-order valence-corrected chi connectivity index (χ4v) is 1.51. The van der Waals surface area contributed by atoms with E-state index in [0.717, 1.165) is 0 Å². The SMILES string of the molecule is CCOC=O.Cc1c[nH]c2c(C)cccc12. The zero-order valence-corrected chi connectivity index (χ0v) is 9.91.